The number of Topliss-reactive ketones (excluding diaryl/α,β-unsaturated/α-hetero) is 1. The van der Waals surface area contributed by atoms with Gasteiger partial charge in [-0.2, -0.15) is 0 Å². The summed E-state index contributed by atoms with van der Waals surface area (Å²) in [6, 6.07) is 6.34. The van der Waals surface area contributed by atoms with Crippen molar-refractivity contribution in [1.29, 1.82) is 0 Å². The second-order valence-electron chi connectivity index (χ2n) is 5.29. The molecule has 1 aromatic carbocycles. The van der Waals surface area contributed by atoms with Crippen LogP contribution in [0.15, 0.2) is 24.3 Å². The second-order valence-corrected chi connectivity index (χ2v) is 8.19. The van der Waals surface area contributed by atoms with Crippen LogP contribution in [0.25, 0.3) is 0 Å². The Hall–Kier alpha value is -0.950. The van der Waals surface area contributed by atoms with Gasteiger partial charge in [0.1, 0.15) is 0 Å². The number of benzene rings is 1. The standard InChI is InChI=1S/C14H18ClN2O3S/c1-17(2)21(19,20)14(7-9-16-10-8-14)13(18)11-3-5-12(15)6-4-11/h3-6H,7-10H2,1-2H3. The number of halogens is 1. The van der Waals surface area contributed by atoms with E-state index in [0.717, 1.165) is 4.31 Å². The topological polar surface area (TPSA) is 68.6 Å². The van der Waals surface area contributed by atoms with Gasteiger partial charge in [-0.05, 0) is 37.1 Å². The van der Waals surface area contributed by atoms with E-state index in [-0.39, 0.29) is 18.6 Å². The van der Waals surface area contributed by atoms with Gasteiger partial charge in [0.25, 0.3) is 0 Å². The molecule has 115 valence electrons. The molecule has 0 unspecified atom stereocenters. The van der Waals surface area contributed by atoms with Gasteiger partial charge >= 0.3 is 0 Å². The normalized spacial score (nSPS) is 18.7. The van der Waals surface area contributed by atoms with Crippen LogP contribution in [0.2, 0.25) is 5.02 Å². The smallest absolute Gasteiger partial charge is 0.227 e. The third-order valence-corrected chi connectivity index (χ3v) is 6.64. The Morgan fingerprint density at radius 2 is 1.71 bits per heavy atom. The first-order chi connectivity index (χ1) is 9.81. The maximum Gasteiger partial charge on any atom is 0.227 e. The molecule has 0 N–H and O–H groups in total. The SMILES string of the molecule is CN(C)S(=O)(=O)C1(C(=O)c2ccc(Cl)cc2)CC[N]CC1. The summed E-state index contributed by atoms with van der Waals surface area (Å²) < 4.78 is 25.2. The molecule has 1 fully saturated rings. The number of hydrogen-bond acceptors (Lipinski definition) is 3. The maximum absolute atomic E-state index is 12.9. The Labute approximate surface area is 130 Å². The first kappa shape index (κ1) is 16.4. The van der Waals surface area contributed by atoms with Crippen LogP contribution in [0.4, 0.5) is 0 Å². The largest absolute Gasteiger partial charge is 0.292 e. The van der Waals surface area contributed by atoms with Crippen molar-refractivity contribution in [2.75, 3.05) is 27.2 Å². The first-order valence-corrected chi connectivity index (χ1v) is 8.49. The van der Waals surface area contributed by atoms with E-state index in [1.54, 1.807) is 24.3 Å². The minimum absolute atomic E-state index is 0.217. The van der Waals surface area contributed by atoms with Gasteiger partial charge in [-0.1, -0.05) is 11.6 Å². The Balaban J connectivity index is 2.50. The molecule has 1 aliphatic rings. The molecule has 1 aromatic rings. The number of sulfonamides is 1. The molecule has 2 rings (SSSR count). The molecule has 1 saturated heterocycles. The second kappa shape index (κ2) is 6.04. The van der Waals surface area contributed by atoms with E-state index in [4.69, 9.17) is 11.6 Å². The lowest BCUT2D eigenvalue weighted by Gasteiger charge is -2.36. The highest BCUT2D eigenvalue weighted by Gasteiger charge is 2.52. The van der Waals surface area contributed by atoms with Crippen LogP contribution >= 0.6 is 11.6 Å². The molecular formula is C14H18ClN2O3S. The minimum Gasteiger partial charge on any atom is -0.292 e. The van der Waals surface area contributed by atoms with Crippen LogP contribution in [0.5, 0.6) is 0 Å². The summed E-state index contributed by atoms with van der Waals surface area (Å²) in [5.74, 6) is -0.372. The fourth-order valence-electron chi connectivity index (χ4n) is 2.57. The summed E-state index contributed by atoms with van der Waals surface area (Å²) >= 11 is 5.82. The van der Waals surface area contributed by atoms with Gasteiger partial charge in [0.15, 0.2) is 10.5 Å². The highest BCUT2D eigenvalue weighted by Crippen LogP contribution is 2.34. The van der Waals surface area contributed by atoms with E-state index in [1.165, 1.54) is 14.1 Å². The Morgan fingerprint density at radius 3 is 2.19 bits per heavy atom. The van der Waals surface area contributed by atoms with Crippen molar-refractivity contribution >= 4 is 27.4 Å². The quantitative estimate of drug-likeness (QED) is 0.787. The minimum atomic E-state index is -3.73. The Morgan fingerprint density at radius 1 is 1.19 bits per heavy atom. The molecule has 0 saturated carbocycles. The Kier molecular flexibility index (Phi) is 4.72. The third-order valence-electron chi connectivity index (χ3n) is 3.84. The number of carbonyl (C=O) groups is 1. The number of carbonyl (C=O) groups excluding carboxylic acids is 1. The fourth-order valence-corrected chi connectivity index (χ4v) is 4.45. The molecule has 0 bridgehead atoms. The van der Waals surface area contributed by atoms with Gasteiger partial charge in [0.05, 0.1) is 0 Å². The van der Waals surface area contributed by atoms with Crippen molar-refractivity contribution in [1.82, 2.24) is 9.62 Å². The highest BCUT2D eigenvalue weighted by atomic mass is 35.5. The van der Waals surface area contributed by atoms with E-state index < -0.39 is 14.8 Å². The number of rotatable bonds is 4. The molecule has 1 radical (unpaired) electrons. The summed E-state index contributed by atoms with van der Waals surface area (Å²) in [5, 5.41) is 4.69. The van der Waals surface area contributed by atoms with Crippen molar-refractivity contribution in [3.8, 4) is 0 Å². The van der Waals surface area contributed by atoms with Crippen LogP contribution in [0.1, 0.15) is 23.2 Å². The lowest BCUT2D eigenvalue weighted by atomic mass is 9.88. The van der Waals surface area contributed by atoms with Crippen LogP contribution < -0.4 is 5.32 Å². The number of piperidine rings is 1. The molecule has 0 atom stereocenters. The molecule has 0 aliphatic carbocycles. The lowest BCUT2D eigenvalue weighted by molar-refractivity contribution is 0.0912. The molecule has 0 amide bonds. The van der Waals surface area contributed by atoms with E-state index in [2.05, 4.69) is 5.32 Å². The number of hydrogen-bond donors (Lipinski definition) is 0. The molecule has 7 heteroatoms. The molecule has 0 spiro atoms. The predicted molar refractivity (Wildman–Crippen MR) is 82.2 cm³/mol. The number of ketones is 1. The van der Waals surface area contributed by atoms with Crippen molar-refractivity contribution in [2.45, 2.75) is 17.6 Å². The summed E-state index contributed by atoms with van der Waals surface area (Å²) in [5.41, 5.74) is 0.367. The molecule has 21 heavy (non-hydrogen) atoms. The van der Waals surface area contributed by atoms with Gasteiger partial charge in [-0.15, -0.1) is 0 Å². The van der Waals surface area contributed by atoms with Crippen molar-refractivity contribution in [3.63, 3.8) is 0 Å². The monoisotopic (exact) mass is 329 g/mol. The van der Waals surface area contributed by atoms with Crippen molar-refractivity contribution in [2.24, 2.45) is 0 Å². The maximum atomic E-state index is 12.9. The van der Waals surface area contributed by atoms with Gasteiger partial charge in [-0.25, -0.2) is 18.0 Å². The molecule has 1 aliphatic heterocycles. The average Bonchev–Trinajstić information content (AvgIpc) is 2.47. The van der Waals surface area contributed by atoms with Gasteiger partial charge in [0.2, 0.25) is 10.0 Å². The van der Waals surface area contributed by atoms with Crippen molar-refractivity contribution in [3.05, 3.63) is 34.9 Å². The lowest BCUT2D eigenvalue weighted by Crippen LogP contribution is -2.55. The predicted octanol–water partition coefficient (Wildman–Crippen LogP) is 1.55. The zero-order valence-corrected chi connectivity index (χ0v) is 13.6. The highest BCUT2D eigenvalue weighted by molar-refractivity contribution is 7.91. The van der Waals surface area contributed by atoms with E-state index in [0.29, 0.717) is 23.7 Å². The third kappa shape index (κ3) is 2.85. The zero-order chi connectivity index (χ0) is 15.7. The van der Waals surface area contributed by atoms with Crippen LogP contribution in [-0.2, 0) is 10.0 Å². The van der Waals surface area contributed by atoms with E-state index >= 15 is 0 Å². The zero-order valence-electron chi connectivity index (χ0n) is 12.0. The van der Waals surface area contributed by atoms with E-state index in [9.17, 15) is 13.2 Å². The molecule has 0 aromatic heterocycles. The fraction of sp³-hybridized carbons (Fsp3) is 0.500. The number of nitrogens with zero attached hydrogens (tertiary/aromatic N) is 2. The molecule has 1 heterocycles. The summed E-state index contributed by atoms with van der Waals surface area (Å²) in [6.07, 6.45) is 0.434. The Bertz CT molecular complexity index is 620. The van der Waals surface area contributed by atoms with Crippen LogP contribution in [0, 0.1) is 0 Å². The summed E-state index contributed by atoms with van der Waals surface area (Å²) in [6.45, 7) is 0.763. The van der Waals surface area contributed by atoms with Crippen LogP contribution in [-0.4, -0.2) is 50.4 Å². The van der Waals surface area contributed by atoms with E-state index in [1.807, 2.05) is 0 Å². The summed E-state index contributed by atoms with van der Waals surface area (Å²) in [7, 11) is -0.816. The van der Waals surface area contributed by atoms with Gasteiger partial charge in [0, 0.05) is 37.8 Å². The summed E-state index contributed by atoms with van der Waals surface area (Å²) in [4.78, 5) is 12.9. The molecular weight excluding hydrogens is 312 g/mol. The first-order valence-electron chi connectivity index (χ1n) is 6.67. The van der Waals surface area contributed by atoms with Crippen LogP contribution in [0.3, 0.4) is 0 Å². The average molecular weight is 330 g/mol. The van der Waals surface area contributed by atoms with Gasteiger partial charge < -0.3 is 0 Å². The van der Waals surface area contributed by atoms with Gasteiger partial charge in [-0.3, -0.25) is 4.79 Å². The molecule has 5 nitrogen and oxygen atoms in total. The van der Waals surface area contributed by atoms with Crippen molar-refractivity contribution < 1.29 is 13.2 Å².